The van der Waals surface area contributed by atoms with Crippen LogP contribution in [0.3, 0.4) is 0 Å². The Hall–Kier alpha value is -3.27. The fourth-order valence-corrected chi connectivity index (χ4v) is 7.60. The molecule has 226 valence electrons. The molecule has 0 bridgehead atoms. The van der Waals surface area contributed by atoms with Gasteiger partial charge in [-0.2, -0.15) is 0 Å². The van der Waals surface area contributed by atoms with E-state index in [4.69, 9.17) is 0 Å². The number of carbonyl (C=O) groups is 5. The Morgan fingerprint density at radius 1 is 0.857 bits per heavy atom. The molecular weight excluding hydrogens is 552 g/mol. The third-order valence-electron chi connectivity index (χ3n) is 9.05. The minimum absolute atomic E-state index is 0.0505. The molecule has 9 nitrogen and oxygen atoms in total. The van der Waals surface area contributed by atoms with Crippen LogP contribution in [-0.2, 0) is 19.2 Å². The van der Waals surface area contributed by atoms with Gasteiger partial charge in [-0.1, -0.05) is 69.6 Å². The molecule has 2 saturated carbocycles. The lowest BCUT2D eigenvalue weighted by atomic mass is 9.84. The Morgan fingerprint density at radius 2 is 1.57 bits per heavy atom. The Labute approximate surface area is 251 Å². The summed E-state index contributed by atoms with van der Waals surface area (Å²) in [5.74, 6) is -2.64. The van der Waals surface area contributed by atoms with Gasteiger partial charge in [0, 0.05) is 23.2 Å². The van der Waals surface area contributed by atoms with Crippen molar-refractivity contribution in [2.75, 3.05) is 6.54 Å². The van der Waals surface area contributed by atoms with Gasteiger partial charge in [-0.3, -0.25) is 24.0 Å². The summed E-state index contributed by atoms with van der Waals surface area (Å²) in [6.45, 7) is 0.502. The van der Waals surface area contributed by atoms with E-state index in [9.17, 15) is 24.0 Å². The van der Waals surface area contributed by atoms with Gasteiger partial charge >= 0.3 is 0 Å². The summed E-state index contributed by atoms with van der Waals surface area (Å²) in [6, 6.07) is 7.50. The molecule has 1 aromatic carbocycles. The predicted octanol–water partition coefficient (Wildman–Crippen LogP) is 4.00. The second kappa shape index (κ2) is 14.3. The molecular formula is C32H42N4O5S. The van der Waals surface area contributed by atoms with Crippen LogP contribution in [0.25, 0.3) is 10.1 Å². The van der Waals surface area contributed by atoms with E-state index in [1.54, 1.807) is 0 Å². The van der Waals surface area contributed by atoms with Crippen molar-refractivity contribution < 1.29 is 24.0 Å². The van der Waals surface area contributed by atoms with E-state index in [1.165, 1.54) is 11.3 Å². The molecule has 2 aromatic rings. The first-order chi connectivity index (χ1) is 20.4. The number of amides is 4. The normalized spacial score (nSPS) is 21.3. The van der Waals surface area contributed by atoms with E-state index in [2.05, 4.69) is 21.3 Å². The van der Waals surface area contributed by atoms with E-state index in [0.29, 0.717) is 24.3 Å². The minimum atomic E-state index is -1.15. The van der Waals surface area contributed by atoms with Crippen molar-refractivity contribution in [3.05, 3.63) is 35.2 Å². The van der Waals surface area contributed by atoms with Crippen LogP contribution in [0.4, 0.5) is 0 Å². The molecule has 1 saturated heterocycles. The SMILES string of the molecule is O=C(NC1CCCCC1)C(=O)[C@H](C[C@@H]1CCNC1=O)NC(=O)[C@H](CC1CCCCC1)NC(=O)c1cc2ccccc2s1. The molecule has 3 fully saturated rings. The molecule has 3 aliphatic rings. The Morgan fingerprint density at radius 3 is 2.26 bits per heavy atom. The number of nitrogens with one attached hydrogen (secondary N) is 4. The zero-order valence-electron chi connectivity index (χ0n) is 24.1. The van der Waals surface area contributed by atoms with Crippen molar-refractivity contribution in [2.45, 2.75) is 102 Å². The highest BCUT2D eigenvalue weighted by Gasteiger charge is 2.37. The lowest BCUT2D eigenvalue weighted by Gasteiger charge is -2.28. The van der Waals surface area contributed by atoms with E-state index in [0.717, 1.165) is 74.3 Å². The number of hydrogen-bond acceptors (Lipinski definition) is 6. The summed E-state index contributed by atoms with van der Waals surface area (Å²) in [6.07, 6.45) is 11.1. The molecule has 1 aliphatic heterocycles. The average molecular weight is 595 g/mol. The molecule has 1 aromatic heterocycles. The van der Waals surface area contributed by atoms with Crippen molar-refractivity contribution in [2.24, 2.45) is 11.8 Å². The van der Waals surface area contributed by atoms with Gasteiger partial charge in [0.25, 0.3) is 11.8 Å². The molecule has 4 amide bonds. The van der Waals surface area contributed by atoms with Crippen LogP contribution in [0.5, 0.6) is 0 Å². The van der Waals surface area contributed by atoms with E-state index in [1.807, 2.05) is 30.3 Å². The van der Waals surface area contributed by atoms with E-state index >= 15 is 0 Å². The third-order valence-corrected chi connectivity index (χ3v) is 10.2. The van der Waals surface area contributed by atoms with Crippen molar-refractivity contribution >= 4 is 50.8 Å². The molecule has 4 N–H and O–H groups in total. The maximum atomic E-state index is 13.8. The molecule has 0 radical (unpaired) electrons. The number of rotatable bonds is 11. The van der Waals surface area contributed by atoms with Crippen LogP contribution in [0, 0.1) is 11.8 Å². The molecule has 0 spiro atoms. The number of carbonyl (C=O) groups excluding carboxylic acids is 5. The zero-order valence-corrected chi connectivity index (χ0v) is 24.9. The van der Waals surface area contributed by atoms with Crippen LogP contribution in [0.2, 0.25) is 0 Å². The van der Waals surface area contributed by atoms with Crippen LogP contribution < -0.4 is 21.3 Å². The monoisotopic (exact) mass is 594 g/mol. The standard InChI is InChI=1S/C32H42N4O5S/c37-28(32(41)34-23-12-5-2-6-13-23)24(18-22-15-16-33-29(22)38)35-30(39)25(17-20-9-3-1-4-10-20)36-31(40)27-19-21-11-7-8-14-26(21)42-27/h7-8,11,14,19-20,22-25H,1-6,9-10,12-13,15-18H2,(H,33,38)(H,34,41)(H,35,39)(H,36,40)/t22-,24-,25-/m0/s1. The highest BCUT2D eigenvalue weighted by atomic mass is 32.1. The fourth-order valence-electron chi connectivity index (χ4n) is 6.63. The van der Waals surface area contributed by atoms with Crippen molar-refractivity contribution in [1.29, 1.82) is 0 Å². The van der Waals surface area contributed by atoms with Gasteiger partial charge in [0.15, 0.2) is 0 Å². The molecule has 3 atom stereocenters. The van der Waals surface area contributed by atoms with Crippen LogP contribution >= 0.6 is 11.3 Å². The Kier molecular flexibility index (Phi) is 10.3. The molecule has 5 rings (SSSR count). The number of Topliss-reactive ketones (excluding diaryl/α,β-unsaturated/α-hetero) is 1. The maximum absolute atomic E-state index is 13.8. The molecule has 0 unspecified atom stereocenters. The Bertz CT molecular complexity index is 1260. The van der Waals surface area contributed by atoms with Gasteiger partial charge in [-0.05, 0) is 55.5 Å². The summed E-state index contributed by atoms with van der Waals surface area (Å²) < 4.78 is 0.986. The van der Waals surface area contributed by atoms with Gasteiger partial charge in [-0.15, -0.1) is 11.3 Å². The summed E-state index contributed by atoms with van der Waals surface area (Å²) in [5.41, 5.74) is 0. The van der Waals surface area contributed by atoms with Gasteiger partial charge in [0.1, 0.15) is 6.04 Å². The second-order valence-corrected chi connectivity index (χ2v) is 13.2. The summed E-state index contributed by atoms with van der Waals surface area (Å²) in [4.78, 5) is 66.6. The smallest absolute Gasteiger partial charge is 0.289 e. The molecule has 10 heteroatoms. The van der Waals surface area contributed by atoms with Gasteiger partial charge in [-0.25, -0.2) is 0 Å². The van der Waals surface area contributed by atoms with Crippen LogP contribution in [-0.4, -0.2) is 54.1 Å². The molecule has 42 heavy (non-hydrogen) atoms. The lowest BCUT2D eigenvalue weighted by Crippen LogP contribution is -2.55. The van der Waals surface area contributed by atoms with Crippen molar-refractivity contribution in [3.8, 4) is 0 Å². The van der Waals surface area contributed by atoms with Gasteiger partial charge in [0.2, 0.25) is 17.6 Å². The van der Waals surface area contributed by atoms with Gasteiger partial charge < -0.3 is 21.3 Å². The average Bonchev–Trinajstić information content (AvgIpc) is 3.63. The number of fused-ring (bicyclic) bond motifs is 1. The maximum Gasteiger partial charge on any atom is 0.289 e. The summed E-state index contributed by atoms with van der Waals surface area (Å²) in [5, 5.41) is 12.4. The number of benzene rings is 1. The predicted molar refractivity (Wildman–Crippen MR) is 162 cm³/mol. The second-order valence-electron chi connectivity index (χ2n) is 12.2. The van der Waals surface area contributed by atoms with E-state index in [-0.39, 0.29) is 30.2 Å². The quantitative estimate of drug-likeness (QED) is 0.292. The van der Waals surface area contributed by atoms with Crippen molar-refractivity contribution in [1.82, 2.24) is 21.3 Å². The Balaban J connectivity index is 1.32. The number of ketones is 1. The number of hydrogen-bond donors (Lipinski definition) is 4. The summed E-state index contributed by atoms with van der Waals surface area (Å²) >= 11 is 1.37. The fraction of sp³-hybridized carbons (Fsp3) is 0.594. The van der Waals surface area contributed by atoms with Crippen LogP contribution in [0.1, 0.15) is 93.1 Å². The van der Waals surface area contributed by atoms with Gasteiger partial charge in [0.05, 0.1) is 10.9 Å². The van der Waals surface area contributed by atoms with E-state index < -0.39 is 35.6 Å². The lowest BCUT2D eigenvalue weighted by molar-refractivity contribution is -0.141. The molecule has 2 heterocycles. The van der Waals surface area contributed by atoms with Crippen molar-refractivity contribution in [3.63, 3.8) is 0 Å². The largest absolute Gasteiger partial charge is 0.356 e. The highest BCUT2D eigenvalue weighted by Crippen LogP contribution is 2.29. The van der Waals surface area contributed by atoms with Crippen LogP contribution in [0.15, 0.2) is 30.3 Å². The zero-order chi connectivity index (χ0) is 29.5. The topological polar surface area (TPSA) is 133 Å². The highest BCUT2D eigenvalue weighted by molar-refractivity contribution is 7.20. The third kappa shape index (κ3) is 7.76. The summed E-state index contributed by atoms with van der Waals surface area (Å²) in [7, 11) is 0. The first-order valence-electron chi connectivity index (χ1n) is 15.6. The minimum Gasteiger partial charge on any atom is -0.356 e. The molecule has 2 aliphatic carbocycles. The first-order valence-corrected chi connectivity index (χ1v) is 16.4. The first kappa shape index (κ1) is 30.2. The number of thiophene rings is 1.